The molecule has 1 aromatic carbocycles. The van der Waals surface area contributed by atoms with Crippen LogP contribution in [0.2, 0.25) is 0 Å². The topological polar surface area (TPSA) is 70.6 Å². The molecule has 0 aliphatic carbocycles. The second-order valence-corrected chi connectivity index (χ2v) is 7.76. The Morgan fingerprint density at radius 3 is 2.59 bits per heavy atom. The molecule has 0 fully saturated rings. The van der Waals surface area contributed by atoms with Crippen molar-refractivity contribution >= 4 is 27.6 Å². The van der Waals surface area contributed by atoms with E-state index in [1.54, 1.807) is 36.0 Å². The number of nitrogens with zero attached hydrogens (tertiary/aromatic N) is 1. The van der Waals surface area contributed by atoms with Crippen LogP contribution in [0, 0.1) is 0 Å². The second kappa shape index (κ2) is 10.5. The zero-order valence-electron chi connectivity index (χ0n) is 13.2. The third-order valence-corrected chi connectivity index (χ3v) is 5.32. The standard InChI is InChI=1S/C15H25N3O2S2/c1-3-16-15(18-11-12-21-2)17-10-7-13-22(19,20)14-8-5-4-6-9-14/h4-6,8-9H,3,7,10-13H2,1-2H3,(H2,16,17,18). The van der Waals surface area contributed by atoms with Crippen LogP contribution in [0.5, 0.6) is 0 Å². The van der Waals surface area contributed by atoms with Gasteiger partial charge in [0.25, 0.3) is 0 Å². The summed E-state index contributed by atoms with van der Waals surface area (Å²) in [5.41, 5.74) is 0. The molecule has 0 saturated carbocycles. The minimum Gasteiger partial charge on any atom is -0.357 e. The molecule has 0 aromatic heterocycles. The highest BCUT2D eigenvalue weighted by Crippen LogP contribution is 2.10. The van der Waals surface area contributed by atoms with E-state index in [1.807, 2.05) is 13.0 Å². The van der Waals surface area contributed by atoms with E-state index in [0.29, 0.717) is 17.9 Å². The number of benzene rings is 1. The summed E-state index contributed by atoms with van der Waals surface area (Å²) in [4.78, 5) is 4.78. The predicted octanol–water partition coefficient (Wildman–Crippen LogP) is 1.77. The molecular formula is C15H25N3O2S2. The maximum absolute atomic E-state index is 12.1. The molecule has 0 aliphatic rings. The first-order chi connectivity index (χ1) is 10.6. The van der Waals surface area contributed by atoms with Gasteiger partial charge in [-0.3, -0.25) is 4.99 Å². The number of hydrogen-bond donors (Lipinski definition) is 2. The molecule has 22 heavy (non-hydrogen) atoms. The first-order valence-electron chi connectivity index (χ1n) is 7.39. The highest BCUT2D eigenvalue weighted by Gasteiger charge is 2.12. The Hall–Kier alpha value is -1.21. The molecule has 0 radical (unpaired) electrons. The van der Waals surface area contributed by atoms with Gasteiger partial charge in [0.1, 0.15) is 0 Å². The van der Waals surface area contributed by atoms with Crippen molar-refractivity contribution in [3.8, 4) is 0 Å². The predicted molar refractivity (Wildman–Crippen MR) is 95.5 cm³/mol. The van der Waals surface area contributed by atoms with E-state index < -0.39 is 9.84 Å². The van der Waals surface area contributed by atoms with Gasteiger partial charge in [0.2, 0.25) is 0 Å². The fraction of sp³-hybridized carbons (Fsp3) is 0.533. The second-order valence-electron chi connectivity index (χ2n) is 4.67. The van der Waals surface area contributed by atoms with Crippen molar-refractivity contribution in [1.29, 1.82) is 0 Å². The highest BCUT2D eigenvalue weighted by atomic mass is 32.2. The Morgan fingerprint density at radius 1 is 1.23 bits per heavy atom. The summed E-state index contributed by atoms with van der Waals surface area (Å²) in [7, 11) is -3.20. The summed E-state index contributed by atoms with van der Waals surface area (Å²) in [6.07, 6.45) is 2.57. The van der Waals surface area contributed by atoms with Crippen molar-refractivity contribution in [2.24, 2.45) is 4.99 Å². The summed E-state index contributed by atoms with van der Waals surface area (Å²) in [6.45, 7) is 4.12. The fourth-order valence-corrected chi connectivity index (χ4v) is 3.43. The highest BCUT2D eigenvalue weighted by molar-refractivity contribution is 7.98. The Morgan fingerprint density at radius 2 is 1.95 bits per heavy atom. The largest absolute Gasteiger partial charge is 0.357 e. The monoisotopic (exact) mass is 343 g/mol. The molecule has 5 nitrogen and oxygen atoms in total. The van der Waals surface area contributed by atoms with Crippen molar-refractivity contribution in [3.63, 3.8) is 0 Å². The Bertz CT molecular complexity index is 545. The molecule has 0 spiro atoms. The van der Waals surface area contributed by atoms with Gasteiger partial charge in [-0.25, -0.2) is 8.42 Å². The van der Waals surface area contributed by atoms with Gasteiger partial charge in [-0.15, -0.1) is 0 Å². The fourth-order valence-electron chi connectivity index (χ4n) is 1.80. The van der Waals surface area contributed by atoms with Gasteiger partial charge in [-0.2, -0.15) is 11.8 Å². The molecule has 0 amide bonds. The zero-order valence-corrected chi connectivity index (χ0v) is 14.8. The molecule has 1 rings (SSSR count). The lowest BCUT2D eigenvalue weighted by Crippen LogP contribution is -2.38. The first kappa shape index (κ1) is 18.8. The van der Waals surface area contributed by atoms with Crippen molar-refractivity contribution in [1.82, 2.24) is 10.6 Å². The number of nitrogens with one attached hydrogen (secondary N) is 2. The van der Waals surface area contributed by atoms with Crippen molar-refractivity contribution in [3.05, 3.63) is 30.3 Å². The third kappa shape index (κ3) is 7.17. The summed E-state index contributed by atoms with van der Waals surface area (Å²) in [6, 6.07) is 8.56. The van der Waals surface area contributed by atoms with Crippen LogP contribution in [0.3, 0.4) is 0 Å². The smallest absolute Gasteiger partial charge is 0.191 e. The van der Waals surface area contributed by atoms with Gasteiger partial charge in [0.05, 0.1) is 10.6 Å². The Kier molecular flexibility index (Phi) is 9.00. The maximum Gasteiger partial charge on any atom is 0.191 e. The average molecular weight is 344 g/mol. The van der Waals surface area contributed by atoms with Crippen LogP contribution in [-0.4, -0.2) is 51.8 Å². The van der Waals surface area contributed by atoms with Crippen LogP contribution >= 0.6 is 11.8 Å². The average Bonchev–Trinajstić information content (AvgIpc) is 2.52. The zero-order chi connectivity index (χ0) is 16.3. The normalized spacial score (nSPS) is 12.2. The number of hydrogen-bond acceptors (Lipinski definition) is 4. The van der Waals surface area contributed by atoms with Crippen LogP contribution in [-0.2, 0) is 9.84 Å². The molecule has 0 heterocycles. The molecular weight excluding hydrogens is 318 g/mol. The van der Waals surface area contributed by atoms with Gasteiger partial charge in [-0.1, -0.05) is 18.2 Å². The van der Waals surface area contributed by atoms with Crippen LogP contribution in [0.1, 0.15) is 13.3 Å². The molecule has 0 unspecified atom stereocenters. The van der Waals surface area contributed by atoms with E-state index in [2.05, 4.69) is 21.9 Å². The summed E-state index contributed by atoms with van der Waals surface area (Å²) in [5, 5.41) is 6.37. The van der Waals surface area contributed by atoms with Crippen LogP contribution in [0.4, 0.5) is 0 Å². The minimum atomic E-state index is -3.20. The van der Waals surface area contributed by atoms with E-state index in [0.717, 1.165) is 24.8 Å². The van der Waals surface area contributed by atoms with Crippen LogP contribution in [0.25, 0.3) is 0 Å². The summed E-state index contributed by atoms with van der Waals surface area (Å²) >= 11 is 1.77. The summed E-state index contributed by atoms with van der Waals surface area (Å²) < 4.78 is 24.3. The number of sulfone groups is 1. The SMILES string of the molecule is CCNC(=NCCCS(=O)(=O)c1ccccc1)NCCSC. The van der Waals surface area contributed by atoms with Crippen molar-refractivity contribution in [2.75, 3.05) is 37.4 Å². The molecule has 7 heteroatoms. The number of thioether (sulfide) groups is 1. The first-order valence-corrected chi connectivity index (χ1v) is 10.4. The van der Waals surface area contributed by atoms with Crippen LogP contribution < -0.4 is 10.6 Å². The van der Waals surface area contributed by atoms with Gasteiger partial charge in [0, 0.05) is 25.4 Å². The lowest BCUT2D eigenvalue weighted by atomic mass is 10.4. The molecule has 1 aromatic rings. The maximum atomic E-state index is 12.1. The van der Waals surface area contributed by atoms with Gasteiger partial charge >= 0.3 is 0 Å². The molecule has 0 bridgehead atoms. The molecule has 0 saturated heterocycles. The Labute approximate surface area is 137 Å². The van der Waals surface area contributed by atoms with Gasteiger partial charge in [0.15, 0.2) is 15.8 Å². The van der Waals surface area contributed by atoms with Gasteiger partial charge < -0.3 is 10.6 Å². The molecule has 124 valence electrons. The number of aliphatic imine (C=N–C) groups is 1. The van der Waals surface area contributed by atoms with Crippen molar-refractivity contribution in [2.45, 2.75) is 18.2 Å². The molecule has 0 atom stereocenters. The van der Waals surface area contributed by atoms with E-state index in [-0.39, 0.29) is 5.75 Å². The van der Waals surface area contributed by atoms with E-state index in [1.165, 1.54) is 0 Å². The number of guanidine groups is 1. The summed E-state index contributed by atoms with van der Waals surface area (Å²) in [5.74, 6) is 1.87. The molecule has 0 aliphatic heterocycles. The molecule has 2 N–H and O–H groups in total. The quantitative estimate of drug-likeness (QED) is 0.406. The van der Waals surface area contributed by atoms with E-state index in [9.17, 15) is 8.42 Å². The third-order valence-electron chi connectivity index (χ3n) is 2.89. The van der Waals surface area contributed by atoms with E-state index in [4.69, 9.17) is 0 Å². The lowest BCUT2D eigenvalue weighted by Gasteiger charge is -2.10. The Balaban J connectivity index is 2.45. The minimum absolute atomic E-state index is 0.116. The van der Waals surface area contributed by atoms with E-state index >= 15 is 0 Å². The number of rotatable bonds is 9. The lowest BCUT2D eigenvalue weighted by molar-refractivity contribution is 0.593. The van der Waals surface area contributed by atoms with Crippen molar-refractivity contribution < 1.29 is 8.42 Å². The van der Waals surface area contributed by atoms with Gasteiger partial charge in [-0.05, 0) is 31.7 Å². The van der Waals surface area contributed by atoms with Crippen LogP contribution in [0.15, 0.2) is 40.2 Å².